The Bertz CT molecular complexity index is 1020. The van der Waals surface area contributed by atoms with Gasteiger partial charge in [0.15, 0.2) is 0 Å². The lowest BCUT2D eigenvalue weighted by atomic mass is 10.2. The summed E-state index contributed by atoms with van der Waals surface area (Å²) >= 11 is 0. The van der Waals surface area contributed by atoms with E-state index in [1.54, 1.807) is 24.3 Å². The minimum absolute atomic E-state index is 0.0466. The third-order valence-corrected chi connectivity index (χ3v) is 3.83. The molecule has 3 heterocycles. The van der Waals surface area contributed by atoms with Crippen LogP contribution in [0.25, 0.3) is 0 Å². The van der Waals surface area contributed by atoms with Crippen molar-refractivity contribution in [1.29, 1.82) is 0 Å². The Hall–Kier alpha value is -4.35. The smallest absolute Gasteiger partial charge is 0.265 e. The van der Waals surface area contributed by atoms with Crippen LogP contribution in [0.4, 0.5) is 0 Å². The molecule has 4 N–H and O–H groups in total. The van der Waals surface area contributed by atoms with Crippen molar-refractivity contribution in [2.45, 2.75) is 0 Å². The van der Waals surface area contributed by atoms with Crippen molar-refractivity contribution in [3.63, 3.8) is 0 Å². The largest absolute Gasteiger partial charge is 0.293 e. The number of carbonyl (C=O) groups is 4. The Labute approximate surface area is 169 Å². The summed E-state index contributed by atoms with van der Waals surface area (Å²) in [5.74, 6) is 7.56. The van der Waals surface area contributed by atoms with Crippen molar-refractivity contribution in [3.05, 3.63) is 89.8 Å². The minimum Gasteiger partial charge on any atom is -0.265 e. The van der Waals surface area contributed by atoms with E-state index in [0.29, 0.717) is 10.0 Å². The average molecular weight is 405 g/mol. The van der Waals surface area contributed by atoms with Crippen molar-refractivity contribution in [1.82, 2.24) is 25.0 Å². The van der Waals surface area contributed by atoms with Crippen molar-refractivity contribution in [2.75, 3.05) is 0 Å². The molecule has 3 aromatic heterocycles. The maximum atomic E-state index is 12.5. The molecule has 11 nitrogen and oxygen atoms in total. The number of rotatable bonds is 4. The van der Waals surface area contributed by atoms with Crippen LogP contribution in [0.3, 0.4) is 0 Å². The van der Waals surface area contributed by atoms with E-state index >= 15 is 0 Å². The fourth-order valence-corrected chi connectivity index (χ4v) is 2.33. The van der Waals surface area contributed by atoms with Gasteiger partial charge in [0.2, 0.25) is 0 Å². The van der Waals surface area contributed by atoms with Crippen LogP contribution in [0, 0.1) is 0 Å². The van der Waals surface area contributed by atoms with Gasteiger partial charge in [-0.25, -0.2) is 26.7 Å². The molecule has 0 aliphatic carbocycles. The van der Waals surface area contributed by atoms with Crippen LogP contribution in [0.5, 0.6) is 0 Å². The monoisotopic (exact) mass is 405 g/mol. The van der Waals surface area contributed by atoms with Gasteiger partial charge in [-0.3, -0.25) is 29.1 Å². The lowest BCUT2D eigenvalue weighted by Gasteiger charge is -2.16. The third-order valence-electron chi connectivity index (χ3n) is 3.83. The highest BCUT2D eigenvalue weighted by atomic mass is 16.2. The molecule has 0 radical (unpaired) electrons. The first-order valence-electron chi connectivity index (χ1n) is 8.46. The summed E-state index contributed by atoms with van der Waals surface area (Å²) in [4.78, 5) is 61.1. The molecule has 3 aromatic rings. The molecule has 0 saturated carbocycles. The molecular weight excluding hydrogens is 390 g/mol. The van der Waals surface area contributed by atoms with Crippen LogP contribution in [-0.2, 0) is 0 Å². The molecule has 0 unspecified atom stereocenters. The fourth-order valence-electron chi connectivity index (χ4n) is 2.33. The molecular formula is C19H15N7O4. The third kappa shape index (κ3) is 4.22. The summed E-state index contributed by atoms with van der Waals surface area (Å²) < 4.78 is 0. The SMILES string of the molecule is NN(C(=O)c1ccccn1)C(=O)c1cccc(C(=O)N(N)C(=O)c2ccccn2)n1. The normalized spacial score (nSPS) is 10.2. The Morgan fingerprint density at radius 1 is 0.567 bits per heavy atom. The van der Waals surface area contributed by atoms with Gasteiger partial charge >= 0.3 is 0 Å². The fraction of sp³-hybridized carbons (Fsp3) is 0. The zero-order chi connectivity index (χ0) is 21.7. The van der Waals surface area contributed by atoms with Gasteiger partial charge in [0.25, 0.3) is 23.6 Å². The molecule has 30 heavy (non-hydrogen) atoms. The molecule has 3 rings (SSSR count). The quantitative estimate of drug-likeness (QED) is 0.266. The summed E-state index contributed by atoms with van der Waals surface area (Å²) in [6, 6.07) is 12.9. The number of imide groups is 2. The van der Waals surface area contributed by atoms with E-state index in [1.165, 1.54) is 42.7 Å². The van der Waals surface area contributed by atoms with Gasteiger partial charge in [-0.05, 0) is 36.4 Å². The summed E-state index contributed by atoms with van der Waals surface area (Å²) in [5, 5.41) is 0.663. The highest BCUT2D eigenvalue weighted by Gasteiger charge is 2.26. The highest BCUT2D eigenvalue weighted by Crippen LogP contribution is 2.08. The molecule has 0 fully saturated rings. The van der Waals surface area contributed by atoms with E-state index < -0.39 is 23.6 Å². The van der Waals surface area contributed by atoms with E-state index in [0.717, 1.165) is 0 Å². The van der Waals surface area contributed by atoms with E-state index in [2.05, 4.69) is 15.0 Å². The Kier molecular flexibility index (Phi) is 5.96. The maximum Gasteiger partial charge on any atom is 0.293 e. The van der Waals surface area contributed by atoms with E-state index in [9.17, 15) is 19.2 Å². The zero-order valence-electron chi connectivity index (χ0n) is 15.4. The first-order chi connectivity index (χ1) is 14.4. The first kappa shape index (κ1) is 20.4. The molecule has 0 atom stereocenters. The molecule has 0 bridgehead atoms. The summed E-state index contributed by atoms with van der Waals surface area (Å²) in [6.45, 7) is 0. The second kappa shape index (κ2) is 8.77. The summed E-state index contributed by atoms with van der Waals surface area (Å²) in [7, 11) is 0. The maximum absolute atomic E-state index is 12.5. The summed E-state index contributed by atoms with van der Waals surface area (Å²) in [5.41, 5.74) is -0.693. The summed E-state index contributed by atoms with van der Waals surface area (Å²) in [6.07, 6.45) is 2.75. The number of hydrogen-bond donors (Lipinski definition) is 2. The van der Waals surface area contributed by atoms with Gasteiger partial charge in [-0.15, -0.1) is 0 Å². The number of pyridine rings is 3. The number of carbonyl (C=O) groups excluding carboxylic acids is 4. The standard InChI is InChI=1S/C19H15N7O4/c20-25(16(27)12-6-1-3-10-22-12)18(29)14-8-5-9-15(24-14)19(30)26(21)17(28)13-7-2-4-11-23-13/h1-11H,20-21H2. The van der Waals surface area contributed by atoms with Gasteiger partial charge in [0.05, 0.1) is 0 Å². The highest BCUT2D eigenvalue weighted by molar-refractivity contribution is 6.10. The van der Waals surface area contributed by atoms with Gasteiger partial charge in [0, 0.05) is 12.4 Å². The van der Waals surface area contributed by atoms with E-state index in [4.69, 9.17) is 11.7 Å². The predicted molar refractivity (Wildman–Crippen MR) is 102 cm³/mol. The number of amides is 4. The molecule has 0 spiro atoms. The number of hydrogen-bond acceptors (Lipinski definition) is 9. The van der Waals surface area contributed by atoms with Crippen LogP contribution in [0.15, 0.2) is 67.0 Å². The van der Waals surface area contributed by atoms with Crippen molar-refractivity contribution >= 4 is 23.6 Å². The first-order valence-corrected chi connectivity index (χ1v) is 8.46. The van der Waals surface area contributed by atoms with Crippen LogP contribution < -0.4 is 11.7 Å². The van der Waals surface area contributed by atoms with E-state index in [-0.39, 0.29) is 22.8 Å². The average Bonchev–Trinajstić information content (AvgIpc) is 2.82. The predicted octanol–water partition coefficient (Wildman–Crippen LogP) is 0.184. The lowest BCUT2D eigenvalue weighted by Crippen LogP contribution is -2.44. The molecule has 0 aliphatic rings. The van der Waals surface area contributed by atoms with Crippen molar-refractivity contribution < 1.29 is 19.2 Å². The van der Waals surface area contributed by atoms with Crippen molar-refractivity contribution in [3.8, 4) is 0 Å². The van der Waals surface area contributed by atoms with Gasteiger partial charge in [0.1, 0.15) is 22.8 Å². The number of aromatic nitrogens is 3. The molecule has 150 valence electrons. The Balaban J connectivity index is 1.80. The zero-order valence-corrected chi connectivity index (χ0v) is 15.4. The second-order valence-electron chi connectivity index (χ2n) is 5.80. The van der Waals surface area contributed by atoms with Crippen LogP contribution in [0.2, 0.25) is 0 Å². The van der Waals surface area contributed by atoms with Crippen LogP contribution >= 0.6 is 0 Å². The van der Waals surface area contributed by atoms with Gasteiger partial charge in [-0.1, -0.05) is 18.2 Å². The van der Waals surface area contributed by atoms with E-state index in [1.807, 2.05) is 0 Å². The van der Waals surface area contributed by atoms with Gasteiger partial charge < -0.3 is 0 Å². The lowest BCUT2D eigenvalue weighted by molar-refractivity contribution is 0.0603. The molecule has 0 saturated heterocycles. The molecule has 11 heteroatoms. The topological polar surface area (TPSA) is 165 Å². The van der Waals surface area contributed by atoms with Crippen LogP contribution in [0.1, 0.15) is 42.0 Å². The molecule has 0 aromatic carbocycles. The number of hydrazine groups is 2. The minimum atomic E-state index is -0.972. The molecule has 0 aliphatic heterocycles. The van der Waals surface area contributed by atoms with Gasteiger partial charge in [-0.2, -0.15) is 0 Å². The van der Waals surface area contributed by atoms with Crippen LogP contribution in [-0.4, -0.2) is 48.6 Å². The number of nitrogens with zero attached hydrogens (tertiary/aromatic N) is 5. The Morgan fingerprint density at radius 2 is 0.933 bits per heavy atom. The number of nitrogens with two attached hydrogens (primary N) is 2. The second-order valence-corrected chi connectivity index (χ2v) is 5.80. The Morgan fingerprint density at radius 3 is 1.30 bits per heavy atom. The van der Waals surface area contributed by atoms with Crippen molar-refractivity contribution in [2.24, 2.45) is 11.7 Å². The molecule has 4 amide bonds.